The average Bonchev–Trinajstić information content (AvgIpc) is 2.46. The van der Waals surface area contributed by atoms with E-state index in [9.17, 15) is 9.59 Å². The van der Waals surface area contributed by atoms with Crippen LogP contribution in [0, 0.1) is 0 Å². The van der Waals surface area contributed by atoms with E-state index in [1.165, 1.54) is 18.9 Å². The van der Waals surface area contributed by atoms with E-state index < -0.39 is 11.6 Å². The zero-order valence-electron chi connectivity index (χ0n) is 10.4. The number of esters is 1. The predicted octanol–water partition coefficient (Wildman–Crippen LogP) is 2.21. The third-order valence-corrected chi connectivity index (χ3v) is 3.25. The maximum Gasteiger partial charge on any atom is 0.352 e. The van der Waals surface area contributed by atoms with Gasteiger partial charge in [-0.2, -0.15) is 0 Å². The molecule has 0 spiro atoms. The van der Waals surface area contributed by atoms with Gasteiger partial charge in [0.1, 0.15) is 5.76 Å². The molecule has 2 rings (SSSR count). The molecule has 0 amide bonds. The lowest BCUT2D eigenvalue weighted by molar-refractivity contribution is 0.0591. The molecular weight excluding hydrogens is 266 g/mol. The second-order valence-corrected chi connectivity index (χ2v) is 4.42. The van der Waals surface area contributed by atoms with Crippen LogP contribution in [-0.2, 0) is 4.74 Å². The van der Waals surface area contributed by atoms with E-state index in [4.69, 9.17) is 4.42 Å². The number of ether oxygens (including phenoxy) is 1. The molecule has 0 aliphatic carbocycles. The summed E-state index contributed by atoms with van der Waals surface area (Å²) in [6, 6.07) is 5.09. The van der Waals surface area contributed by atoms with Crippen LogP contribution in [0.15, 0.2) is 44.7 Å². The van der Waals surface area contributed by atoms with Gasteiger partial charge in [-0.05, 0) is 24.5 Å². The molecule has 0 saturated carbocycles. The number of thioether (sulfide) groups is 1. The minimum atomic E-state index is -0.703. The van der Waals surface area contributed by atoms with E-state index in [-0.39, 0.29) is 5.56 Å². The second kappa shape index (κ2) is 5.71. The van der Waals surface area contributed by atoms with E-state index in [0.717, 1.165) is 5.56 Å². The van der Waals surface area contributed by atoms with Gasteiger partial charge < -0.3 is 9.15 Å². The van der Waals surface area contributed by atoms with Crippen molar-refractivity contribution in [2.24, 2.45) is 0 Å². The number of carbonyl (C=O) groups is 1. The molecule has 2 aromatic heterocycles. The van der Waals surface area contributed by atoms with Crippen LogP contribution in [0.2, 0.25) is 0 Å². The second-order valence-electron chi connectivity index (χ2n) is 3.57. The van der Waals surface area contributed by atoms with Crippen molar-refractivity contribution in [1.82, 2.24) is 4.98 Å². The Kier molecular flexibility index (Phi) is 4.01. The SMILES string of the molecule is COC(=O)c1c(SC)cc(-c2ccncc2)oc1=O. The van der Waals surface area contributed by atoms with Crippen LogP contribution >= 0.6 is 11.8 Å². The zero-order chi connectivity index (χ0) is 13.8. The normalized spacial score (nSPS) is 10.2. The summed E-state index contributed by atoms with van der Waals surface area (Å²) in [7, 11) is 1.22. The first-order chi connectivity index (χ1) is 9.17. The van der Waals surface area contributed by atoms with Crippen LogP contribution in [-0.4, -0.2) is 24.3 Å². The molecule has 0 unspecified atom stereocenters. The molecule has 0 bridgehead atoms. The predicted molar refractivity (Wildman–Crippen MR) is 71.3 cm³/mol. The number of nitrogens with zero attached hydrogens (tertiary/aromatic N) is 1. The van der Waals surface area contributed by atoms with E-state index in [2.05, 4.69) is 9.72 Å². The molecule has 0 aliphatic rings. The van der Waals surface area contributed by atoms with E-state index in [0.29, 0.717) is 10.7 Å². The van der Waals surface area contributed by atoms with Gasteiger partial charge in [-0.15, -0.1) is 11.8 Å². The quantitative estimate of drug-likeness (QED) is 0.633. The molecule has 2 aromatic rings. The third-order valence-electron chi connectivity index (χ3n) is 2.49. The highest BCUT2D eigenvalue weighted by atomic mass is 32.2. The molecule has 0 aromatic carbocycles. The first-order valence-corrected chi connectivity index (χ1v) is 6.60. The van der Waals surface area contributed by atoms with Crippen molar-refractivity contribution in [3.63, 3.8) is 0 Å². The minimum absolute atomic E-state index is 0.0761. The standard InChI is InChI=1S/C13H11NO4S/c1-17-12(15)11-10(19-2)7-9(18-13(11)16)8-3-5-14-6-4-8/h3-7H,1-2H3. The Hall–Kier alpha value is -2.08. The van der Waals surface area contributed by atoms with Crippen LogP contribution in [0.25, 0.3) is 11.3 Å². The Balaban J connectivity index is 2.61. The molecule has 0 aliphatic heterocycles. The van der Waals surface area contributed by atoms with Crippen molar-refractivity contribution in [3.05, 3.63) is 46.6 Å². The molecule has 0 fully saturated rings. The summed E-state index contributed by atoms with van der Waals surface area (Å²) >= 11 is 1.29. The summed E-state index contributed by atoms with van der Waals surface area (Å²) in [4.78, 5) is 27.9. The number of pyridine rings is 1. The molecule has 0 saturated heterocycles. The van der Waals surface area contributed by atoms with Crippen molar-refractivity contribution in [3.8, 4) is 11.3 Å². The van der Waals surface area contributed by atoms with Gasteiger partial charge in [0.2, 0.25) is 0 Å². The van der Waals surface area contributed by atoms with Crippen LogP contribution in [0.1, 0.15) is 10.4 Å². The topological polar surface area (TPSA) is 69.4 Å². The summed E-state index contributed by atoms with van der Waals surface area (Å²) in [5, 5.41) is 0. The summed E-state index contributed by atoms with van der Waals surface area (Å²) in [5.74, 6) is -0.302. The largest absolute Gasteiger partial charge is 0.465 e. The van der Waals surface area contributed by atoms with Gasteiger partial charge >= 0.3 is 11.6 Å². The number of aromatic nitrogens is 1. The van der Waals surface area contributed by atoms with Crippen LogP contribution in [0.4, 0.5) is 0 Å². The molecule has 19 heavy (non-hydrogen) atoms. The maximum atomic E-state index is 11.9. The van der Waals surface area contributed by atoms with E-state index in [1.807, 2.05) is 0 Å². The lowest BCUT2D eigenvalue weighted by Gasteiger charge is -2.06. The van der Waals surface area contributed by atoms with Crippen molar-refractivity contribution < 1.29 is 13.9 Å². The molecule has 0 radical (unpaired) electrons. The number of rotatable bonds is 3. The highest BCUT2D eigenvalue weighted by Crippen LogP contribution is 2.25. The van der Waals surface area contributed by atoms with E-state index in [1.54, 1.807) is 36.8 Å². The fourth-order valence-electron chi connectivity index (χ4n) is 1.58. The molecule has 6 heteroatoms. The van der Waals surface area contributed by atoms with Crippen molar-refractivity contribution in [1.29, 1.82) is 0 Å². The molecule has 0 N–H and O–H groups in total. The van der Waals surface area contributed by atoms with Gasteiger partial charge in [0.05, 0.1) is 7.11 Å². The van der Waals surface area contributed by atoms with Crippen molar-refractivity contribution >= 4 is 17.7 Å². The smallest absolute Gasteiger partial charge is 0.352 e. The third kappa shape index (κ3) is 2.68. The maximum absolute atomic E-state index is 11.9. The summed E-state index contributed by atoms with van der Waals surface area (Å²) in [5.41, 5.74) is -0.0582. The summed E-state index contributed by atoms with van der Waals surface area (Å²) < 4.78 is 9.75. The van der Waals surface area contributed by atoms with Gasteiger partial charge in [-0.1, -0.05) is 0 Å². The number of hydrogen-bond donors (Lipinski definition) is 0. The first kappa shape index (κ1) is 13.4. The van der Waals surface area contributed by atoms with Crippen LogP contribution in [0.3, 0.4) is 0 Å². The van der Waals surface area contributed by atoms with Gasteiger partial charge in [-0.25, -0.2) is 9.59 Å². The molecular formula is C13H11NO4S. The molecule has 5 nitrogen and oxygen atoms in total. The number of carbonyl (C=O) groups excluding carboxylic acids is 1. The first-order valence-electron chi connectivity index (χ1n) is 5.38. The Morgan fingerprint density at radius 2 is 2.05 bits per heavy atom. The number of hydrogen-bond acceptors (Lipinski definition) is 6. The lowest BCUT2D eigenvalue weighted by Crippen LogP contribution is -2.17. The van der Waals surface area contributed by atoms with Gasteiger partial charge in [-0.3, -0.25) is 4.98 Å². The Morgan fingerprint density at radius 3 is 2.63 bits per heavy atom. The molecule has 2 heterocycles. The Morgan fingerprint density at radius 1 is 1.37 bits per heavy atom. The number of methoxy groups -OCH3 is 1. The molecule has 0 atom stereocenters. The van der Waals surface area contributed by atoms with Gasteiger partial charge in [0.25, 0.3) is 0 Å². The fraction of sp³-hybridized carbons (Fsp3) is 0.154. The summed E-state index contributed by atoms with van der Waals surface area (Å²) in [6.07, 6.45) is 4.97. The monoisotopic (exact) mass is 277 g/mol. The van der Waals surface area contributed by atoms with Gasteiger partial charge in [0, 0.05) is 22.9 Å². The zero-order valence-corrected chi connectivity index (χ0v) is 11.2. The Labute approximate surface area is 113 Å². The molecule has 98 valence electrons. The van der Waals surface area contributed by atoms with Gasteiger partial charge in [0.15, 0.2) is 5.56 Å². The Bertz CT molecular complexity index is 651. The van der Waals surface area contributed by atoms with Crippen molar-refractivity contribution in [2.75, 3.05) is 13.4 Å². The van der Waals surface area contributed by atoms with Crippen LogP contribution in [0.5, 0.6) is 0 Å². The van der Waals surface area contributed by atoms with Crippen LogP contribution < -0.4 is 5.63 Å². The highest BCUT2D eigenvalue weighted by Gasteiger charge is 2.19. The lowest BCUT2D eigenvalue weighted by atomic mass is 10.2. The fourth-order valence-corrected chi connectivity index (χ4v) is 2.17. The average molecular weight is 277 g/mol. The van der Waals surface area contributed by atoms with E-state index >= 15 is 0 Å². The summed E-state index contributed by atoms with van der Waals surface area (Å²) in [6.45, 7) is 0. The highest BCUT2D eigenvalue weighted by molar-refractivity contribution is 7.98. The van der Waals surface area contributed by atoms with Crippen molar-refractivity contribution in [2.45, 2.75) is 4.90 Å². The minimum Gasteiger partial charge on any atom is -0.465 e.